The standard InChI is InChI=1S/C14H15N5O2.CH4O3S/c1-20-10-4-3-9(11(5-10)21-2)6-15-13-12-14(17-7-16-12)19-8-18-13;1-5(2,3)4/h3-5,7-8H,6H2,1-2H3,(H2,15,16,17,18,19);1H3,(H,2,3,4). The topological polar surface area (TPSA) is 139 Å². The highest BCUT2D eigenvalue weighted by Gasteiger charge is 2.08. The van der Waals surface area contributed by atoms with Crippen LogP contribution in [0.2, 0.25) is 0 Å². The van der Waals surface area contributed by atoms with Crippen molar-refractivity contribution in [2.24, 2.45) is 0 Å². The largest absolute Gasteiger partial charge is 0.497 e. The van der Waals surface area contributed by atoms with Gasteiger partial charge in [0.05, 0.1) is 26.8 Å². The Morgan fingerprint density at radius 2 is 1.92 bits per heavy atom. The predicted molar refractivity (Wildman–Crippen MR) is 96.0 cm³/mol. The van der Waals surface area contributed by atoms with Crippen molar-refractivity contribution in [1.82, 2.24) is 19.9 Å². The molecule has 3 aromatic rings. The first-order chi connectivity index (χ1) is 12.3. The molecule has 1 aromatic carbocycles. The van der Waals surface area contributed by atoms with E-state index in [9.17, 15) is 8.42 Å². The summed E-state index contributed by atoms with van der Waals surface area (Å²) in [5, 5.41) is 3.26. The monoisotopic (exact) mass is 381 g/mol. The Hall–Kier alpha value is -2.92. The van der Waals surface area contributed by atoms with Gasteiger partial charge in [-0.05, 0) is 12.1 Å². The fraction of sp³-hybridized carbons (Fsp3) is 0.267. The third-order valence-corrected chi connectivity index (χ3v) is 3.16. The number of H-pyrrole nitrogens is 1. The quantitative estimate of drug-likeness (QED) is 0.561. The summed E-state index contributed by atoms with van der Waals surface area (Å²) in [6.07, 6.45) is 3.79. The van der Waals surface area contributed by atoms with Crippen LogP contribution in [-0.4, -0.2) is 53.4 Å². The number of aromatic nitrogens is 4. The summed E-state index contributed by atoms with van der Waals surface area (Å²) in [6.45, 7) is 0.568. The van der Waals surface area contributed by atoms with Crippen molar-refractivity contribution in [1.29, 1.82) is 0 Å². The molecule has 0 saturated heterocycles. The van der Waals surface area contributed by atoms with E-state index in [1.54, 1.807) is 20.5 Å². The Labute approximate surface area is 150 Å². The molecule has 0 bridgehead atoms. The number of hydrogen-bond acceptors (Lipinski definition) is 8. The Bertz CT molecular complexity index is 965. The molecular weight excluding hydrogens is 362 g/mol. The number of imidazole rings is 1. The number of anilines is 1. The van der Waals surface area contributed by atoms with Crippen LogP contribution in [0.5, 0.6) is 11.5 Å². The van der Waals surface area contributed by atoms with E-state index in [1.165, 1.54) is 6.33 Å². The Morgan fingerprint density at radius 1 is 1.19 bits per heavy atom. The van der Waals surface area contributed by atoms with Crippen LogP contribution in [-0.2, 0) is 16.7 Å². The van der Waals surface area contributed by atoms with Crippen LogP contribution in [0.1, 0.15) is 5.56 Å². The van der Waals surface area contributed by atoms with E-state index in [2.05, 4.69) is 25.3 Å². The lowest BCUT2D eigenvalue weighted by Gasteiger charge is -2.11. The van der Waals surface area contributed by atoms with Gasteiger partial charge in [0.2, 0.25) is 0 Å². The van der Waals surface area contributed by atoms with Crippen molar-refractivity contribution < 1.29 is 22.4 Å². The van der Waals surface area contributed by atoms with Gasteiger partial charge in [0.25, 0.3) is 10.1 Å². The van der Waals surface area contributed by atoms with Gasteiger partial charge in [0, 0.05) is 18.2 Å². The van der Waals surface area contributed by atoms with Crippen molar-refractivity contribution in [2.75, 3.05) is 25.8 Å². The molecule has 3 rings (SSSR count). The zero-order valence-corrected chi connectivity index (χ0v) is 15.2. The first-order valence-corrected chi connectivity index (χ1v) is 9.18. The lowest BCUT2D eigenvalue weighted by Crippen LogP contribution is -2.04. The van der Waals surface area contributed by atoms with Gasteiger partial charge in [0.1, 0.15) is 23.3 Å². The first kappa shape index (κ1) is 19.4. The van der Waals surface area contributed by atoms with Crippen LogP contribution in [0, 0.1) is 0 Å². The van der Waals surface area contributed by atoms with Crippen molar-refractivity contribution in [2.45, 2.75) is 6.54 Å². The first-order valence-electron chi connectivity index (χ1n) is 7.33. The average molecular weight is 381 g/mol. The van der Waals surface area contributed by atoms with Gasteiger partial charge in [-0.25, -0.2) is 15.0 Å². The van der Waals surface area contributed by atoms with Gasteiger partial charge in [-0.15, -0.1) is 0 Å². The zero-order valence-electron chi connectivity index (χ0n) is 14.4. The summed E-state index contributed by atoms with van der Waals surface area (Å²) >= 11 is 0. The molecular formula is C15H19N5O5S. The van der Waals surface area contributed by atoms with Gasteiger partial charge in [-0.1, -0.05) is 0 Å². The van der Waals surface area contributed by atoms with Crippen molar-refractivity contribution in [3.63, 3.8) is 0 Å². The summed E-state index contributed by atoms with van der Waals surface area (Å²) in [6, 6.07) is 5.70. The Morgan fingerprint density at radius 3 is 2.58 bits per heavy atom. The molecule has 0 aliphatic rings. The molecule has 0 unspecified atom stereocenters. The molecule has 2 aromatic heterocycles. The Balaban J connectivity index is 0.000000431. The van der Waals surface area contributed by atoms with E-state index in [0.717, 1.165) is 22.6 Å². The molecule has 0 spiro atoms. The molecule has 26 heavy (non-hydrogen) atoms. The lowest BCUT2D eigenvalue weighted by atomic mass is 10.2. The molecule has 0 saturated carbocycles. The SMILES string of the molecule is COc1ccc(CNc2ncnc3nc[nH]c23)c(OC)c1.CS(=O)(=O)O. The molecule has 0 fully saturated rings. The minimum absolute atomic E-state index is 0.568. The minimum Gasteiger partial charge on any atom is -0.497 e. The molecule has 10 nitrogen and oxygen atoms in total. The summed E-state index contributed by atoms with van der Waals surface area (Å²) in [7, 11) is -0.404. The highest BCUT2D eigenvalue weighted by molar-refractivity contribution is 7.85. The predicted octanol–water partition coefficient (Wildman–Crippen LogP) is 1.49. The minimum atomic E-state index is -3.67. The molecule has 140 valence electrons. The van der Waals surface area contributed by atoms with Crippen molar-refractivity contribution in [3.05, 3.63) is 36.4 Å². The maximum absolute atomic E-state index is 9.19. The molecule has 3 N–H and O–H groups in total. The third kappa shape index (κ3) is 5.57. The summed E-state index contributed by atoms with van der Waals surface area (Å²) < 4.78 is 36.4. The summed E-state index contributed by atoms with van der Waals surface area (Å²) in [5.74, 6) is 2.22. The number of methoxy groups -OCH3 is 2. The fourth-order valence-electron chi connectivity index (χ4n) is 2.08. The van der Waals surface area contributed by atoms with Gasteiger partial charge in [0.15, 0.2) is 11.5 Å². The van der Waals surface area contributed by atoms with Gasteiger partial charge in [-0.2, -0.15) is 8.42 Å². The van der Waals surface area contributed by atoms with Crippen LogP contribution in [0.3, 0.4) is 0 Å². The highest BCUT2D eigenvalue weighted by atomic mass is 32.2. The van der Waals surface area contributed by atoms with E-state index in [-0.39, 0.29) is 0 Å². The molecule has 0 aliphatic carbocycles. The fourth-order valence-corrected chi connectivity index (χ4v) is 2.08. The summed E-state index contributed by atoms with van der Waals surface area (Å²) in [4.78, 5) is 15.4. The molecule has 2 heterocycles. The number of benzene rings is 1. The third-order valence-electron chi connectivity index (χ3n) is 3.16. The van der Waals surface area contributed by atoms with Gasteiger partial charge in [-0.3, -0.25) is 4.55 Å². The van der Waals surface area contributed by atoms with Crippen LogP contribution >= 0.6 is 0 Å². The molecule has 11 heteroatoms. The van der Waals surface area contributed by atoms with E-state index < -0.39 is 10.1 Å². The molecule has 0 atom stereocenters. The maximum Gasteiger partial charge on any atom is 0.261 e. The second kappa shape index (κ2) is 8.45. The second-order valence-electron chi connectivity index (χ2n) is 5.09. The number of fused-ring (bicyclic) bond motifs is 1. The van der Waals surface area contributed by atoms with Gasteiger partial charge >= 0.3 is 0 Å². The highest BCUT2D eigenvalue weighted by Crippen LogP contribution is 2.25. The Kier molecular flexibility index (Phi) is 6.31. The van der Waals surface area contributed by atoms with Crippen LogP contribution < -0.4 is 14.8 Å². The van der Waals surface area contributed by atoms with Crippen molar-refractivity contribution >= 4 is 27.1 Å². The number of ether oxygens (including phenoxy) is 2. The molecule has 0 aliphatic heterocycles. The van der Waals surface area contributed by atoms with Crippen LogP contribution in [0.4, 0.5) is 5.82 Å². The molecule has 0 amide bonds. The van der Waals surface area contributed by atoms with E-state index >= 15 is 0 Å². The summed E-state index contributed by atoms with van der Waals surface area (Å²) in [5.41, 5.74) is 2.42. The number of nitrogens with zero attached hydrogens (tertiary/aromatic N) is 3. The number of nitrogens with one attached hydrogen (secondary N) is 2. The van der Waals surface area contributed by atoms with E-state index in [0.29, 0.717) is 24.3 Å². The van der Waals surface area contributed by atoms with Crippen LogP contribution in [0.15, 0.2) is 30.9 Å². The van der Waals surface area contributed by atoms with E-state index in [4.69, 9.17) is 14.0 Å². The normalized spacial score (nSPS) is 10.8. The number of aromatic amines is 1. The van der Waals surface area contributed by atoms with Crippen molar-refractivity contribution in [3.8, 4) is 11.5 Å². The lowest BCUT2D eigenvalue weighted by molar-refractivity contribution is 0.391. The van der Waals surface area contributed by atoms with Crippen LogP contribution in [0.25, 0.3) is 11.2 Å². The second-order valence-corrected chi connectivity index (χ2v) is 6.55. The molecule has 0 radical (unpaired) electrons. The zero-order chi connectivity index (χ0) is 19.2. The van der Waals surface area contributed by atoms with E-state index in [1.807, 2.05) is 18.2 Å². The maximum atomic E-state index is 9.19. The number of rotatable bonds is 5. The smallest absolute Gasteiger partial charge is 0.261 e. The average Bonchev–Trinajstić information content (AvgIpc) is 3.07. The van der Waals surface area contributed by atoms with Gasteiger partial charge < -0.3 is 19.8 Å². The number of hydrogen-bond donors (Lipinski definition) is 3.